The van der Waals surface area contributed by atoms with Crippen LogP contribution in [0.2, 0.25) is 0 Å². The van der Waals surface area contributed by atoms with Crippen LogP contribution in [0.5, 0.6) is 0 Å². The maximum absolute atomic E-state index is 12.8. The van der Waals surface area contributed by atoms with Crippen LogP contribution >= 0.6 is 0 Å². The van der Waals surface area contributed by atoms with Gasteiger partial charge in [0.25, 0.3) is 0 Å². The summed E-state index contributed by atoms with van der Waals surface area (Å²) in [6.07, 6.45) is 0.883. The van der Waals surface area contributed by atoms with E-state index in [1.54, 1.807) is 0 Å². The molecule has 0 bridgehead atoms. The van der Waals surface area contributed by atoms with E-state index in [0.29, 0.717) is 6.54 Å². The van der Waals surface area contributed by atoms with Crippen molar-refractivity contribution in [2.24, 2.45) is 0 Å². The number of hydrogen-bond donors (Lipinski definition) is 0. The zero-order chi connectivity index (χ0) is 16.0. The van der Waals surface area contributed by atoms with Crippen molar-refractivity contribution >= 4 is 9.84 Å². The van der Waals surface area contributed by atoms with E-state index in [-0.39, 0.29) is 10.6 Å². The molecule has 22 heavy (non-hydrogen) atoms. The second kappa shape index (κ2) is 7.51. The van der Waals surface area contributed by atoms with Crippen molar-refractivity contribution in [1.29, 1.82) is 0 Å². The summed E-state index contributed by atoms with van der Waals surface area (Å²) >= 11 is 0. The van der Waals surface area contributed by atoms with Crippen molar-refractivity contribution in [1.82, 2.24) is 4.90 Å². The molecule has 5 heteroatoms. The van der Waals surface area contributed by atoms with E-state index in [1.807, 2.05) is 30.1 Å². The summed E-state index contributed by atoms with van der Waals surface area (Å²) in [4.78, 5) is 2.17. The average Bonchev–Trinajstić information content (AvgIpc) is 2.52. The molecular weight excluding hydrogens is 301 g/mol. The van der Waals surface area contributed by atoms with Gasteiger partial charge >= 0.3 is 0 Å². The molecule has 2 aromatic carbocycles. The standard InChI is InChI=1S/C17H20FNO2S/c1-19(12-11-15-5-3-2-4-6-15)13-14-22(20,21)17-9-7-16(18)8-10-17/h2-10H,11-14H2,1H3. The van der Waals surface area contributed by atoms with Crippen molar-refractivity contribution in [2.75, 3.05) is 25.9 Å². The van der Waals surface area contributed by atoms with Crippen LogP contribution in [0.1, 0.15) is 5.56 Å². The largest absolute Gasteiger partial charge is 0.305 e. The van der Waals surface area contributed by atoms with Crippen LogP contribution in [-0.2, 0) is 16.3 Å². The third kappa shape index (κ3) is 4.93. The molecule has 0 heterocycles. The molecule has 0 unspecified atom stereocenters. The Balaban J connectivity index is 1.85. The highest BCUT2D eigenvalue weighted by atomic mass is 32.2. The summed E-state index contributed by atoms with van der Waals surface area (Å²) in [7, 11) is -1.46. The second-order valence-corrected chi connectivity index (χ2v) is 7.42. The van der Waals surface area contributed by atoms with Gasteiger partial charge in [-0.15, -0.1) is 0 Å². The third-order valence-corrected chi connectivity index (χ3v) is 5.25. The Morgan fingerprint density at radius 1 is 0.955 bits per heavy atom. The average molecular weight is 321 g/mol. The molecule has 0 N–H and O–H groups in total. The molecule has 0 saturated heterocycles. The Bertz CT molecular complexity index is 684. The molecule has 0 atom stereocenters. The van der Waals surface area contributed by atoms with Gasteiger partial charge in [0.15, 0.2) is 9.84 Å². The number of nitrogens with zero attached hydrogens (tertiary/aromatic N) is 1. The van der Waals surface area contributed by atoms with Crippen molar-refractivity contribution in [3.05, 3.63) is 66.0 Å². The molecule has 0 aliphatic carbocycles. The molecule has 0 aromatic heterocycles. The minimum absolute atomic E-state index is 0.0317. The van der Waals surface area contributed by atoms with Gasteiger partial charge in [-0.2, -0.15) is 0 Å². The zero-order valence-corrected chi connectivity index (χ0v) is 13.4. The molecule has 0 aliphatic heterocycles. The van der Waals surface area contributed by atoms with Crippen LogP contribution in [0.3, 0.4) is 0 Å². The Morgan fingerprint density at radius 2 is 1.59 bits per heavy atom. The fraction of sp³-hybridized carbons (Fsp3) is 0.294. The quantitative estimate of drug-likeness (QED) is 0.736. The van der Waals surface area contributed by atoms with Crippen molar-refractivity contribution in [3.8, 4) is 0 Å². The predicted molar refractivity (Wildman–Crippen MR) is 86.1 cm³/mol. The van der Waals surface area contributed by atoms with Crippen LogP contribution in [0.25, 0.3) is 0 Å². The molecule has 2 aromatic rings. The van der Waals surface area contributed by atoms with E-state index in [2.05, 4.69) is 12.1 Å². The van der Waals surface area contributed by atoms with Gasteiger partial charge in [-0.25, -0.2) is 12.8 Å². The minimum Gasteiger partial charge on any atom is -0.305 e. The number of likely N-dealkylation sites (N-methyl/N-ethyl adjacent to an activating group) is 1. The zero-order valence-electron chi connectivity index (χ0n) is 12.6. The van der Waals surface area contributed by atoms with Crippen molar-refractivity contribution in [2.45, 2.75) is 11.3 Å². The number of benzene rings is 2. The van der Waals surface area contributed by atoms with E-state index in [1.165, 1.54) is 29.8 Å². The monoisotopic (exact) mass is 321 g/mol. The molecule has 0 aliphatic rings. The molecule has 0 saturated carbocycles. The minimum atomic E-state index is -3.36. The van der Waals surface area contributed by atoms with E-state index < -0.39 is 15.7 Å². The summed E-state index contributed by atoms with van der Waals surface area (Å²) < 4.78 is 37.2. The van der Waals surface area contributed by atoms with Crippen molar-refractivity contribution < 1.29 is 12.8 Å². The lowest BCUT2D eigenvalue weighted by Gasteiger charge is -2.16. The smallest absolute Gasteiger partial charge is 0.179 e. The first-order chi connectivity index (χ1) is 10.5. The summed E-state index contributed by atoms with van der Waals surface area (Å²) in [5.74, 6) is -0.400. The van der Waals surface area contributed by atoms with Crippen molar-refractivity contribution in [3.63, 3.8) is 0 Å². The Kier molecular flexibility index (Phi) is 5.69. The van der Waals surface area contributed by atoms with Gasteiger partial charge < -0.3 is 4.90 Å². The fourth-order valence-electron chi connectivity index (χ4n) is 2.11. The molecule has 0 spiro atoms. The van der Waals surface area contributed by atoms with Crippen LogP contribution < -0.4 is 0 Å². The maximum atomic E-state index is 12.8. The molecule has 0 fully saturated rings. The Morgan fingerprint density at radius 3 is 2.23 bits per heavy atom. The molecule has 3 nitrogen and oxygen atoms in total. The lowest BCUT2D eigenvalue weighted by atomic mass is 10.1. The van der Waals surface area contributed by atoms with Gasteiger partial charge in [0.1, 0.15) is 5.82 Å². The number of rotatable bonds is 7. The summed E-state index contributed by atoms with van der Waals surface area (Å²) in [6, 6.07) is 15.1. The first-order valence-corrected chi connectivity index (χ1v) is 8.83. The van der Waals surface area contributed by atoms with E-state index in [9.17, 15) is 12.8 Å². The van der Waals surface area contributed by atoms with Gasteiger partial charge in [0.05, 0.1) is 10.6 Å². The number of sulfone groups is 1. The highest BCUT2D eigenvalue weighted by Gasteiger charge is 2.15. The SMILES string of the molecule is CN(CCc1ccccc1)CCS(=O)(=O)c1ccc(F)cc1. The third-order valence-electron chi connectivity index (χ3n) is 3.54. The summed E-state index contributed by atoms with van der Waals surface area (Å²) in [5, 5.41) is 0. The number of halogens is 1. The van der Waals surface area contributed by atoms with Gasteiger partial charge in [0.2, 0.25) is 0 Å². The lowest BCUT2D eigenvalue weighted by molar-refractivity contribution is 0.358. The molecule has 118 valence electrons. The van der Waals surface area contributed by atoms with Crippen LogP contribution in [0.15, 0.2) is 59.5 Å². The molecular formula is C17H20FNO2S. The predicted octanol–water partition coefficient (Wildman–Crippen LogP) is 2.77. The summed E-state index contributed by atoms with van der Waals surface area (Å²) in [5.41, 5.74) is 1.23. The van der Waals surface area contributed by atoms with E-state index in [4.69, 9.17) is 0 Å². The highest BCUT2D eigenvalue weighted by Crippen LogP contribution is 2.12. The molecule has 0 radical (unpaired) electrons. The van der Waals surface area contributed by atoms with E-state index in [0.717, 1.165) is 13.0 Å². The van der Waals surface area contributed by atoms with Gasteiger partial charge in [0, 0.05) is 13.1 Å². The van der Waals surface area contributed by atoms with Gasteiger partial charge in [-0.1, -0.05) is 30.3 Å². The number of hydrogen-bond acceptors (Lipinski definition) is 3. The lowest BCUT2D eigenvalue weighted by Crippen LogP contribution is -2.27. The van der Waals surface area contributed by atoms with E-state index >= 15 is 0 Å². The van der Waals surface area contributed by atoms with Crippen LogP contribution in [0, 0.1) is 5.82 Å². The topological polar surface area (TPSA) is 37.4 Å². The molecule has 2 rings (SSSR count). The van der Waals surface area contributed by atoms with Gasteiger partial charge in [-0.05, 0) is 43.3 Å². The van der Waals surface area contributed by atoms with Crippen LogP contribution in [0.4, 0.5) is 4.39 Å². The fourth-order valence-corrected chi connectivity index (χ4v) is 3.45. The Labute approximate surface area is 131 Å². The van der Waals surface area contributed by atoms with Gasteiger partial charge in [-0.3, -0.25) is 0 Å². The highest BCUT2D eigenvalue weighted by molar-refractivity contribution is 7.91. The first kappa shape index (κ1) is 16.6. The van der Waals surface area contributed by atoms with Crippen LogP contribution in [-0.4, -0.2) is 39.2 Å². The first-order valence-electron chi connectivity index (χ1n) is 7.18. The molecule has 0 amide bonds. The second-order valence-electron chi connectivity index (χ2n) is 5.31. The maximum Gasteiger partial charge on any atom is 0.179 e. The normalized spacial score (nSPS) is 11.8. The summed E-state index contributed by atoms with van der Waals surface area (Å²) in [6.45, 7) is 1.25. The Hall–Kier alpha value is -1.72.